The normalized spacial score (nSPS) is 17.1. The molecule has 206 valence electrons. The van der Waals surface area contributed by atoms with E-state index in [-0.39, 0.29) is 11.3 Å². The van der Waals surface area contributed by atoms with Crippen molar-refractivity contribution in [2.24, 2.45) is 5.92 Å². The Morgan fingerprint density at radius 1 is 1.00 bits per heavy atom. The Morgan fingerprint density at radius 2 is 1.66 bits per heavy atom. The van der Waals surface area contributed by atoms with Gasteiger partial charge in [-0.1, -0.05) is 46.8 Å². The van der Waals surface area contributed by atoms with Gasteiger partial charge in [-0.15, -0.1) is 0 Å². The third-order valence-corrected chi connectivity index (χ3v) is 6.80. The van der Waals surface area contributed by atoms with Gasteiger partial charge in [0.15, 0.2) is 0 Å². The van der Waals surface area contributed by atoms with Crippen molar-refractivity contribution in [2.45, 2.75) is 54.0 Å². The third kappa shape index (κ3) is 6.76. The van der Waals surface area contributed by atoms with E-state index in [9.17, 15) is 14.7 Å². The Bertz CT molecular complexity index is 1140. The number of hydrogen-bond acceptors (Lipinski definition) is 6. The lowest BCUT2D eigenvalue weighted by molar-refractivity contribution is -0.140. The van der Waals surface area contributed by atoms with Gasteiger partial charge in [0.2, 0.25) is 0 Å². The van der Waals surface area contributed by atoms with Crippen molar-refractivity contribution in [1.29, 1.82) is 0 Å². The average Bonchev–Trinajstić information content (AvgIpc) is 3.16. The molecule has 1 aliphatic heterocycles. The summed E-state index contributed by atoms with van der Waals surface area (Å²) in [5.74, 6) is 0.380. The SMILES string of the molecule is CCCOc1ccc(C2/C(=C(\O)c3ccc(OCC(C)C)cc3C)C(=O)C(=O)N2CCN(CC)CC)cc1. The van der Waals surface area contributed by atoms with Crippen LogP contribution in [0.2, 0.25) is 0 Å². The summed E-state index contributed by atoms with van der Waals surface area (Å²) in [6, 6.07) is 12.1. The molecular formula is C31H42N2O5. The first-order valence-electron chi connectivity index (χ1n) is 13.7. The number of aliphatic hydroxyl groups is 1. The van der Waals surface area contributed by atoms with E-state index in [0.717, 1.165) is 36.4 Å². The number of rotatable bonds is 13. The molecule has 1 amide bonds. The first-order chi connectivity index (χ1) is 18.2. The van der Waals surface area contributed by atoms with E-state index in [4.69, 9.17) is 9.47 Å². The zero-order valence-electron chi connectivity index (χ0n) is 23.6. The number of hydrogen-bond donors (Lipinski definition) is 1. The molecule has 3 rings (SSSR count). The summed E-state index contributed by atoms with van der Waals surface area (Å²) in [4.78, 5) is 30.5. The standard InChI is InChI=1S/C31H42N2O5/c1-7-18-37-24-12-10-23(11-13-24)28-27(30(35)31(36)33(28)17-16-32(8-2)9-3)29(34)26-15-14-25(19-22(26)6)38-20-21(4)5/h10-15,19,21,28,34H,7-9,16-18,20H2,1-6H3/b29-27+. The van der Waals surface area contributed by atoms with Crippen LogP contribution < -0.4 is 9.47 Å². The van der Waals surface area contributed by atoms with E-state index >= 15 is 0 Å². The number of benzene rings is 2. The van der Waals surface area contributed by atoms with Gasteiger partial charge < -0.3 is 24.4 Å². The van der Waals surface area contributed by atoms with Crippen molar-refractivity contribution in [1.82, 2.24) is 9.80 Å². The molecule has 1 heterocycles. The Morgan fingerprint density at radius 3 is 2.24 bits per heavy atom. The molecule has 0 saturated carbocycles. The summed E-state index contributed by atoms with van der Waals surface area (Å²) < 4.78 is 11.6. The van der Waals surface area contributed by atoms with Gasteiger partial charge in [0.05, 0.1) is 24.8 Å². The van der Waals surface area contributed by atoms with Gasteiger partial charge in [0, 0.05) is 18.7 Å². The second kappa shape index (κ2) is 13.5. The third-order valence-electron chi connectivity index (χ3n) is 6.80. The molecule has 38 heavy (non-hydrogen) atoms. The minimum Gasteiger partial charge on any atom is -0.507 e. The lowest BCUT2D eigenvalue weighted by Crippen LogP contribution is -2.38. The maximum atomic E-state index is 13.4. The number of ether oxygens (including phenoxy) is 2. The van der Waals surface area contributed by atoms with Crippen molar-refractivity contribution >= 4 is 17.4 Å². The molecule has 1 fully saturated rings. The van der Waals surface area contributed by atoms with Crippen LogP contribution in [-0.2, 0) is 9.59 Å². The van der Waals surface area contributed by atoms with Gasteiger partial charge in [-0.25, -0.2) is 0 Å². The Balaban J connectivity index is 2.04. The van der Waals surface area contributed by atoms with Crippen LogP contribution in [0.5, 0.6) is 11.5 Å². The topological polar surface area (TPSA) is 79.3 Å². The first kappa shape index (κ1) is 29.2. The fourth-order valence-corrected chi connectivity index (χ4v) is 4.61. The number of likely N-dealkylation sites (N-methyl/N-ethyl adjacent to an activating group) is 1. The summed E-state index contributed by atoms with van der Waals surface area (Å²) in [6.07, 6.45) is 0.897. The van der Waals surface area contributed by atoms with Crippen LogP contribution in [0.1, 0.15) is 63.8 Å². The van der Waals surface area contributed by atoms with Crippen LogP contribution in [0.25, 0.3) is 5.76 Å². The monoisotopic (exact) mass is 522 g/mol. The molecule has 1 atom stereocenters. The van der Waals surface area contributed by atoms with E-state index in [1.807, 2.05) is 44.2 Å². The predicted octanol–water partition coefficient (Wildman–Crippen LogP) is 5.58. The highest BCUT2D eigenvalue weighted by molar-refractivity contribution is 6.46. The second-order valence-corrected chi connectivity index (χ2v) is 10.1. The van der Waals surface area contributed by atoms with Crippen LogP contribution in [-0.4, -0.2) is 66.0 Å². The molecule has 0 aromatic heterocycles. The molecule has 0 spiro atoms. The van der Waals surface area contributed by atoms with Crippen LogP contribution in [0.3, 0.4) is 0 Å². The van der Waals surface area contributed by atoms with Crippen molar-refractivity contribution in [2.75, 3.05) is 39.4 Å². The first-order valence-corrected chi connectivity index (χ1v) is 13.7. The molecule has 1 saturated heterocycles. The minimum absolute atomic E-state index is 0.107. The lowest BCUT2D eigenvalue weighted by Gasteiger charge is -2.28. The van der Waals surface area contributed by atoms with E-state index in [0.29, 0.717) is 43.5 Å². The van der Waals surface area contributed by atoms with E-state index in [2.05, 4.69) is 32.6 Å². The molecule has 0 radical (unpaired) electrons. The zero-order valence-corrected chi connectivity index (χ0v) is 23.6. The molecule has 1 unspecified atom stereocenters. The molecule has 0 aliphatic carbocycles. The maximum absolute atomic E-state index is 13.4. The molecule has 1 aliphatic rings. The molecule has 7 heteroatoms. The van der Waals surface area contributed by atoms with Crippen LogP contribution >= 0.6 is 0 Å². The average molecular weight is 523 g/mol. The quantitative estimate of drug-likeness (QED) is 0.210. The van der Waals surface area contributed by atoms with Gasteiger partial charge in [0.25, 0.3) is 11.7 Å². The Hall–Kier alpha value is -3.32. The molecule has 7 nitrogen and oxygen atoms in total. The summed E-state index contributed by atoms with van der Waals surface area (Å²) in [6.45, 7) is 16.1. The molecule has 2 aromatic carbocycles. The minimum atomic E-state index is -0.693. The smallest absolute Gasteiger partial charge is 0.295 e. The zero-order chi connectivity index (χ0) is 27.8. The van der Waals surface area contributed by atoms with Gasteiger partial charge >= 0.3 is 0 Å². The number of amides is 1. The summed E-state index contributed by atoms with van der Waals surface area (Å²) >= 11 is 0. The van der Waals surface area contributed by atoms with E-state index in [1.54, 1.807) is 17.0 Å². The molecule has 1 N–H and O–H groups in total. The Labute approximate surface area is 227 Å². The number of Topliss-reactive ketones (excluding diaryl/α,β-unsaturated/α-hetero) is 1. The predicted molar refractivity (Wildman–Crippen MR) is 151 cm³/mol. The van der Waals surface area contributed by atoms with Crippen LogP contribution in [0, 0.1) is 12.8 Å². The van der Waals surface area contributed by atoms with Crippen LogP contribution in [0.15, 0.2) is 48.0 Å². The number of likely N-dealkylation sites (tertiary alicyclic amines) is 1. The highest BCUT2D eigenvalue weighted by Gasteiger charge is 2.46. The molecular weight excluding hydrogens is 480 g/mol. The fraction of sp³-hybridized carbons (Fsp3) is 0.484. The van der Waals surface area contributed by atoms with Crippen molar-refractivity contribution in [3.8, 4) is 11.5 Å². The van der Waals surface area contributed by atoms with Gasteiger partial charge in [-0.2, -0.15) is 0 Å². The van der Waals surface area contributed by atoms with Gasteiger partial charge in [-0.3, -0.25) is 9.59 Å². The molecule has 0 bridgehead atoms. The van der Waals surface area contributed by atoms with Gasteiger partial charge in [-0.05, 0) is 73.8 Å². The van der Waals surface area contributed by atoms with E-state index in [1.165, 1.54) is 0 Å². The van der Waals surface area contributed by atoms with Gasteiger partial charge in [0.1, 0.15) is 17.3 Å². The summed E-state index contributed by atoms with van der Waals surface area (Å²) in [7, 11) is 0. The highest BCUT2D eigenvalue weighted by atomic mass is 16.5. The second-order valence-electron chi connectivity index (χ2n) is 10.1. The van der Waals surface area contributed by atoms with Crippen molar-refractivity contribution in [3.63, 3.8) is 0 Å². The number of aryl methyl sites for hydroxylation is 1. The van der Waals surface area contributed by atoms with Crippen molar-refractivity contribution in [3.05, 3.63) is 64.7 Å². The number of nitrogens with zero attached hydrogens (tertiary/aromatic N) is 2. The lowest BCUT2D eigenvalue weighted by atomic mass is 9.94. The van der Waals surface area contributed by atoms with Crippen LogP contribution in [0.4, 0.5) is 0 Å². The fourth-order valence-electron chi connectivity index (χ4n) is 4.61. The highest BCUT2D eigenvalue weighted by Crippen LogP contribution is 2.40. The van der Waals surface area contributed by atoms with E-state index < -0.39 is 17.7 Å². The maximum Gasteiger partial charge on any atom is 0.295 e. The summed E-state index contributed by atoms with van der Waals surface area (Å²) in [5, 5.41) is 11.5. The number of carbonyl (C=O) groups is 2. The summed E-state index contributed by atoms with van der Waals surface area (Å²) in [5.41, 5.74) is 2.14. The van der Waals surface area contributed by atoms with Crippen molar-refractivity contribution < 1.29 is 24.2 Å². The molecule has 2 aromatic rings. The number of ketones is 1. The largest absolute Gasteiger partial charge is 0.507 e. The Kier molecular flexibility index (Phi) is 10.4. The number of carbonyl (C=O) groups excluding carboxylic acids is 2. The number of aliphatic hydroxyl groups excluding tert-OH is 1.